The van der Waals surface area contributed by atoms with Crippen molar-refractivity contribution >= 4 is 5.91 Å². The van der Waals surface area contributed by atoms with Crippen molar-refractivity contribution in [2.24, 2.45) is 14.1 Å². The van der Waals surface area contributed by atoms with E-state index in [1.165, 1.54) is 0 Å². The molecule has 6 heteroatoms. The largest absolute Gasteiger partial charge is 0.350 e. The van der Waals surface area contributed by atoms with Crippen LogP contribution in [0.5, 0.6) is 0 Å². The van der Waals surface area contributed by atoms with Crippen LogP contribution in [0.2, 0.25) is 0 Å². The summed E-state index contributed by atoms with van der Waals surface area (Å²) < 4.78 is 3.63. The predicted molar refractivity (Wildman–Crippen MR) is 62.5 cm³/mol. The fraction of sp³-hybridized carbons (Fsp3) is 0.364. The molecule has 0 aliphatic carbocycles. The van der Waals surface area contributed by atoms with Gasteiger partial charge in [0.1, 0.15) is 11.5 Å². The second kappa shape index (κ2) is 4.82. The van der Waals surface area contributed by atoms with Crippen molar-refractivity contribution in [2.45, 2.75) is 6.42 Å². The molecule has 1 amide bonds. The van der Waals surface area contributed by atoms with Crippen LogP contribution in [-0.2, 0) is 20.5 Å². The normalized spacial score (nSPS) is 10.5. The lowest BCUT2D eigenvalue weighted by Crippen LogP contribution is -2.27. The average molecular weight is 233 g/mol. The Bertz CT molecular complexity index is 513. The minimum absolute atomic E-state index is 0.112. The third-order valence-electron chi connectivity index (χ3n) is 2.60. The standard InChI is InChI=1S/C11H15N5O/c1-15-6-5-13-10(15)3-4-14-11(17)9-7-12-8-16(9)2/h5-8H,3-4H2,1-2H3,(H,14,17). The average Bonchev–Trinajstić information content (AvgIpc) is 2.88. The third-order valence-corrected chi connectivity index (χ3v) is 2.60. The number of carbonyl (C=O) groups excluding carboxylic acids is 1. The summed E-state index contributed by atoms with van der Waals surface area (Å²) in [6, 6.07) is 0. The first-order valence-corrected chi connectivity index (χ1v) is 5.39. The van der Waals surface area contributed by atoms with E-state index in [4.69, 9.17) is 0 Å². The number of hydrogen-bond donors (Lipinski definition) is 1. The minimum atomic E-state index is -0.112. The Morgan fingerprint density at radius 3 is 2.82 bits per heavy atom. The van der Waals surface area contributed by atoms with Gasteiger partial charge < -0.3 is 14.5 Å². The molecule has 0 bridgehead atoms. The van der Waals surface area contributed by atoms with E-state index in [1.807, 2.05) is 17.8 Å². The van der Waals surface area contributed by atoms with E-state index in [0.29, 0.717) is 18.7 Å². The molecule has 0 radical (unpaired) electrons. The number of aryl methyl sites for hydroxylation is 2. The zero-order valence-electron chi connectivity index (χ0n) is 9.92. The van der Waals surface area contributed by atoms with Crippen LogP contribution >= 0.6 is 0 Å². The Labute approximate surface area is 99.3 Å². The van der Waals surface area contributed by atoms with Crippen molar-refractivity contribution in [3.63, 3.8) is 0 Å². The van der Waals surface area contributed by atoms with Crippen molar-refractivity contribution in [3.05, 3.63) is 36.4 Å². The topological polar surface area (TPSA) is 64.7 Å². The number of nitrogens with zero attached hydrogens (tertiary/aromatic N) is 4. The Balaban J connectivity index is 1.86. The summed E-state index contributed by atoms with van der Waals surface area (Å²) in [5.74, 6) is 0.842. The van der Waals surface area contributed by atoms with Gasteiger partial charge in [-0.25, -0.2) is 9.97 Å². The van der Waals surface area contributed by atoms with Gasteiger partial charge in [0.2, 0.25) is 0 Å². The van der Waals surface area contributed by atoms with Crippen molar-refractivity contribution in [1.29, 1.82) is 0 Å². The number of hydrogen-bond acceptors (Lipinski definition) is 3. The smallest absolute Gasteiger partial charge is 0.269 e. The maximum absolute atomic E-state index is 11.7. The van der Waals surface area contributed by atoms with Crippen LogP contribution in [0.3, 0.4) is 0 Å². The van der Waals surface area contributed by atoms with Crippen molar-refractivity contribution in [2.75, 3.05) is 6.54 Å². The van der Waals surface area contributed by atoms with Crippen LogP contribution in [0, 0.1) is 0 Å². The highest BCUT2D eigenvalue weighted by atomic mass is 16.1. The Morgan fingerprint density at radius 2 is 2.24 bits per heavy atom. The van der Waals surface area contributed by atoms with Gasteiger partial charge in [-0.2, -0.15) is 0 Å². The first-order valence-electron chi connectivity index (χ1n) is 5.39. The molecule has 17 heavy (non-hydrogen) atoms. The molecule has 0 aromatic carbocycles. The highest BCUT2D eigenvalue weighted by Gasteiger charge is 2.09. The van der Waals surface area contributed by atoms with E-state index >= 15 is 0 Å². The molecule has 1 N–H and O–H groups in total. The van der Waals surface area contributed by atoms with Gasteiger partial charge in [-0.3, -0.25) is 4.79 Å². The zero-order chi connectivity index (χ0) is 12.3. The van der Waals surface area contributed by atoms with Gasteiger partial charge in [0, 0.05) is 39.5 Å². The van der Waals surface area contributed by atoms with Gasteiger partial charge >= 0.3 is 0 Å². The molecule has 0 saturated carbocycles. The summed E-state index contributed by atoms with van der Waals surface area (Å²) in [6.45, 7) is 0.564. The molecular weight excluding hydrogens is 218 g/mol. The SMILES string of the molecule is Cn1cncc1C(=O)NCCc1nccn1C. The van der Waals surface area contributed by atoms with Gasteiger partial charge in [-0.1, -0.05) is 0 Å². The molecule has 0 aliphatic heterocycles. The number of carbonyl (C=O) groups is 1. The fourth-order valence-electron chi connectivity index (χ4n) is 1.59. The van der Waals surface area contributed by atoms with E-state index in [-0.39, 0.29) is 5.91 Å². The van der Waals surface area contributed by atoms with E-state index < -0.39 is 0 Å². The third kappa shape index (κ3) is 2.52. The molecule has 0 spiro atoms. The maximum atomic E-state index is 11.7. The van der Waals surface area contributed by atoms with Crippen LogP contribution in [-0.4, -0.2) is 31.6 Å². The Kier molecular flexibility index (Phi) is 3.22. The molecule has 2 rings (SSSR count). The summed E-state index contributed by atoms with van der Waals surface area (Å²) in [6.07, 6.45) is 7.51. The van der Waals surface area contributed by atoms with Gasteiger partial charge in [0.15, 0.2) is 0 Å². The highest BCUT2D eigenvalue weighted by molar-refractivity contribution is 5.92. The van der Waals surface area contributed by atoms with Crippen molar-refractivity contribution < 1.29 is 4.79 Å². The van der Waals surface area contributed by atoms with Crippen LogP contribution in [0.15, 0.2) is 24.9 Å². The van der Waals surface area contributed by atoms with Crippen molar-refractivity contribution in [1.82, 2.24) is 24.4 Å². The molecule has 2 heterocycles. The van der Waals surface area contributed by atoms with E-state index in [2.05, 4.69) is 15.3 Å². The molecule has 0 aliphatic rings. The first kappa shape index (κ1) is 11.4. The number of nitrogens with one attached hydrogen (secondary N) is 1. The Morgan fingerprint density at radius 1 is 1.41 bits per heavy atom. The summed E-state index contributed by atoms with van der Waals surface area (Å²) in [5.41, 5.74) is 0.560. The highest BCUT2D eigenvalue weighted by Crippen LogP contribution is 1.97. The maximum Gasteiger partial charge on any atom is 0.269 e. The lowest BCUT2D eigenvalue weighted by Gasteiger charge is -2.05. The van der Waals surface area contributed by atoms with Crippen LogP contribution < -0.4 is 5.32 Å². The van der Waals surface area contributed by atoms with Gasteiger partial charge in [-0.15, -0.1) is 0 Å². The van der Waals surface area contributed by atoms with Crippen LogP contribution in [0.1, 0.15) is 16.3 Å². The number of aromatic nitrogens is 4. The molecule has 0 fully saturated rings. The molecule has 2 aromatic rings. The minimum Gasteiger partial charge on any atom is -0.350 e. The molecule has 0 unspecified atom stereocenters. The molecule has 0 atom stereocenters. The molecular formula is C11H15N5O. The predicted octanol–water partition coefficient (Wildman–Crippen LogP) is 0.126. The molecule has 2 aromatic heterocycles. The molecule has 0 saturated heterocycles. The first-order chi connectivity index (χ1) is 8.18. The number of imidazole rings is 2. The summed E-state index contributed by atoms with van der Waals surface area (Å²) in [7, 11) is 3.73. The van der Waals surface area contributed by atoms with E-state index in [9.17, 15) is 4.79 Å². The van der Waals surface area contributed by atoms with Crippen LogP contribution in [0.4, 0.5) is 0 Å². The van der Waals surface area contributed by atoms with E-state index in [1.54, 1.807) is 30.3 Å². The van der Waals surface area contributed by atoms with E-state index in [0.717, 1.165) is 5.82 Å². The second-order valence-corrected chi connectivity index (χ2v) is 3.85. The second-order valence-electron chi connectivity index (χ2n) is 3.85. The fourth-order valence-corrected chi connectivity index (χ4v) is 1.59. The monoisotopic (exact) mass is 233 g/mol. The zero-order valence-corrected chi connectivity index (χ0v) is 9.92. The lowest BCUT2D eigenvalue weighted by molar-refractivity contribution is 0.0946. The summed E-state index contributed by atoms with van der Waals surface area (Å²) in [5, 5.41) is 2.84. The lowest BCUT2D eigenvalue weighted by atomic mass is 10.3. The van der Waals surface area contributed by atoms with Crippen molar-refractivity contribution in [3.8, 4) is 0 Å². The molecule has 90 valence electrons. The molecule has 6 nitrogen and oxygen atoms in total. The van der Waals surface area contributed by atoms with Gasteiger partial charge in [0.05, 0.1) is 12.5 Å². The number of amides is 1. The number of rotatable bonds is 4. The van der Waals surface area contributed by atoms with Gasteiger partial charge in [-0.05, 0) is 0 Å². The van der Waals surface area contributed by atoms with Crippen LogP contribution in [0.25, 0.3) is 0 Å². The summed E-state index contributed by atoms with van der Waals surface area (Å²) >= 11 is 0. The Hall–Kier alpha value is -2.11. The summed E-state index contributed by atoms with van der Waals surface area (Å²) in [4.78, 5) is 19.8. The van der Waals surface area contributed by atoms with Gasteiger partial charge in [0.25, 0.3) is 5.91 Å². The quantitative estimate of drug-likeness (QED) is 0.816.